The van der Waals surface area contributed by atoms with Crippen LogP contribution in [0.3, 0.4) is 0 Å². The first-order chi connectivity index (χ1) is 7.67. The van der Waals surface area contributed by atoms with Gasteiger partial charge < -0.3 is 14.9 Å². The SMILES string of the molecule is COc1ccc(CSCC(O)CO)cc1Br. The van der Waals surface area contributed by atoms with Crippen LogP contribution in [0.4, 0.5) is 0 Å². The minimum absolute atomic E-state index is 0.181. The van der Waals surface area contributed by atoms with Crippen molar-refractivity contribution in [1.29, 1.82) is 0 Å². The van der Waals surface area contributed by atoms with Crippen molar-refractivity contribution in [2.24, 2.45) is 0 Å². The van der Waals surface area contributed by atoms with Gasteiger partial charge in [-0.1, -0.05) is 6.07 Å². The summed E-state index contributed by atoms with van der Waals surface area (Å²) in [5.41, 5.74) is 1.16. The molecule has 0 aliphatic carbocycles. The fourth-order valence-electron chi connectivity index (χ4n) is 1.17. The summed E-state index contributed by atoms with van der Waals surface area (Å²) < 4.78 is 6.06. The van der Waals surface area contributed by atoms with E-state index in [-0.39, 0.29) is 6.61 Å². The highest BCUT2D eigenvalue weighted by atomic mass is 79.9. The molecule has 0 saturated carbocycles. The maximum absolute atomic E-state index is 9.17. The molecule has 2 N–H and O–H groups in total. The second-order valence-electron chi connectivity index (χ2n) is 3.32. The van der Waals surface area contributed by atoms with Gasteiger partial charge in [0.05, 0.1) is 24.3 Å². The van der Waals surface area contributed by atoms with Gasteiger partial charge in [0.1, 0.15) is 5.75 Å². The van der Waals surface area contributed by atoms with Gasteiger partial charge in [0.2, 0.25) is 0 Å². The van der Waals surface area contributed by atoms with Gasteiger partial charge in [-0.15, -0.1) is 0 Å². The van der Waals surface area contributed by atoms with Crippen molar-refractivity contribution in [3.05, 3.63) is 28.2 Å². The third-order valence-electron chi connectivity index (χ3n) is 2.01. The minimum Gasteiger partial charge on any atom is -0.496 e. The van der Waals surface area contributed by atoms with Gasteiger partial charge in [-0.2, -0.15) is 11.8 Å². The Labute approximate surface area is 108 Å². The summed E-state index contributed by atoms with van der Waals surface area (Å²) in [6.45, 7) is -0.181. The Hall–Kier alpha value is -0.230. The maximum Gasteiger partial charge on any atom is 0.133 e. The van der Waals surface area contributed by atoms with Crippen LogP contribution in [0.25, 0.3) is 0 Å². The molecule has 5 heteroatoms. The summed E-state index contributed by atoms with van der Waals surface area (Å²) in [7, 11) is 1.63. The van der Waals surface area contributed by atoms with Crippen LogP contribution in [0.1, 0.15) is 5.56 Å². The maximum atomic E-state index is 9.17. The van der Waals surface area contributed by atoms with Crippen LogP contribution in [-0.4, -0.2) is 35.8 Å². The van der Waals surface area contributed by atoms with Gasteiger partial charge in [-0.05, 0) is 33.6 Å². The zero-order valence-electron chi connectivity index (χ0n) is 9.02. The van der Waals surface area contributed by atoms with Crippen LogP contribution < -0.4 is 4.74 Å². The number of halogens is 1. The highest BCUT2D eigenvalue weighted by molar-refractivity contribution is 9.10. The van der Waals surface area contributed by atoms with Crippen molar-refractivity contribution in [3.8, 4) is 5.75 Å². The second kappa shape index (κ2) is 7.17. The molecular formula is C11H15BrO3S. The van der Waals surface area contributed by atoms with Gasteiger partial charge in [0, 0.05) is 11.5 Å². The molecular weight excluding hydrogens is 292 g/mol. The molecule has 1 rings (SSSR count). The van der Waals surface area contributed by atoms with E-state index in [0.29, 0.717) is 5.75 Å². The fourth-order valence-corrected chi connectivity index (χ4v) is 2.66. The Kier molecular flexibility index (Phi) is 6.20. The third kappa shape index (κ3) is 4.33. The number of aliphatic hydroxyl groups is 2. The zero-order valence-corrected chi connectivity index (χ0v) is 11.4. The number of hydrogen-bond acceptors (Lipinski definition) is 4. The summed E-state index contributed by atoms with van der Waals surface area (Å²) in [4.78, 5) is 0. The van der Waals surface area contributed by atoms with E-state index in [4.69, 9.17) is 9.84 Å². The molecule has 0 aromatic heterocycles. The molecule has 0 heterocycles. The van der Waals surface area contributed by atoms with Crippen molar-refractivity contribution in [2.75, 3.05) is 19.5 Å². The number of aliphatic hydroxyl groups excluding tert-OH is 2. The topological polar surface area (TPSA) is 49.7 Å². The smallest absolute Gasteiger partial charge is 0.133 e. The van der Waals surface area contributed by atoms with E-state index in [0.717, 1.165) is 21.5 Å². The van der Waals surface area contributed by atoms with Crippen LogP contribution >= 0.6 is 27.7 Å². The molecule has 90 valence electrons. The number of rotatable bonds is 6. The first-order valence-corrected chi connectivity index (χ1v) is 6.81. The van der Waals surface area contributed by atoms with E-state index in [1.54, 1.807) is 18.9 Å². The molecule has 1 atom stereocenters. The zero-order chi connectivity index (χ0) is 12.0. The summed E-state index contributed by atoms with van der Waals surface area (Å²) in [6.07, 6.45) is -0.633. The predicted octanol–water partition coefficient (Wildman–Crippen LogP) is 2.04. The van der Waals surface area contributed by atoms with Crippen molar-refractivity contribution < 1.29 is 14.9 Å². The van der Waals surface area contributed by atoms with E-state index < -0.39 is 6.10 Å². The lowest BCUT2D eigenvalue weighted by Gasteiger charge is -2.08. The Balaban J connectivity index is 2.46. The average Bonchev–Trinajstić information content (AvgIpc) is 2.29. The fraction of sp³-hybridized carbons (Fsp3) is 0.455. The van der Waals surface area contributed by atoms with Crippen LogP contribution in [0, 0.1) is 0 Å². The highest BCUT2D eigenvalue weighted by Crippen LogP contribution is 2.27. The van der Waals surface area contributed by atoms with Gasteiger partial charge in [0.15, 0.2) is 0 Å². The van der Waals surface area contributed by atoms with Crippen LogP contribution in [0.5, 0.6) is 5.75 Å². The average molecular weight is 307 g/mol. The number of benzene rings is 1. The van der Waals surface area contributed by atoms with E-state index in [1.807, 2.05) is 18.2 Å². The van der Waals surface area contributed by atoms with Gasteiger partial charge >= 0.3 is 0 Å². The standard InChI is InChI=1S/C11H15BrO3S/c1-15-11-3-2-8(4-10(11)12)6-16-7-9(14)5-13/h2-4,9,13-14H,5-7H2,1H3. The van der Waals surface area contributed by atoms with Crippen molar-refractivity contribution in [1.82, 2.24) is 0 Å². The quantitative estimate of drug-likeness (QED) is 0.844. The molecule has 1 aromatic rings. The van der Waals surface area contributed by atoms with Gasteiger partial charge in [0.25, 0.3) is 0 Å². The van der Waals surface area contributed by atoms with Crippen molar-refractivity contribution in [3.63, 3.8) is 0 Å². The Morgan fingerprint density at radius 2 is 2.25 bits per heavy atom. The summed E-state index contributed by atoms with van der Waals surface area (Å²) in [5, 5.41) is 17.8. The molecule has 1 aromatic carbocycles. The van der Waals surface area contributed by atoms with Crippen molar-refractivity contribution >= 4 is 27.7 Å². The molecule has 0 bridgehead atoms. The van der Waals surface area contributed by atoms with E-state index in [9.17, 15) is 5.11 Å². The first-order valence-electron chi connectivity index (χ1n) is 4.86. The number of ether oxygens (including phenoxy) is 1. The highest BCUT2D eigenvalue weighted by Gasteiger charge is 2.04. The van der Waals surface area contributed by atoms with Gasteiger partial charge in [-0.3, -0.25) is 0 Å². The molecule has 16 heavy (non-hydrogen) atoms. The summed E-state index contributed by atoms with van der Waals surface area (Å²) >= 11 is 5.01. The Morgan fingerprint density at radius 1 is 1.50 bits per heavy atom. The lowest BCUT2D eigenvalue weighted by atomic mass is 10.2. The lowest BCUT2D eigenvalue weighted by molar-refractivity contribution is 0.113. The van der Waals surface area contributed by atoms with Gasteiger partial charge in [-0.25, -0.2) is 0 Å². The normalized spacial score (nSPS) is 12.5. The second-order valence-corrected chi connectivity index (χ2v) is 5.21. The molecule has 0 fully saturated rings. The molecule has 0 amide bonds. The first kappa shape index (κ1) is 13.8. The molecule has 3 nitrogen and oxygen atoms in total. The summed E-state index contributed by atoms with van der Waals surface area (Å²) in [6, 6.07) is 5.89. The number of hydrogen-bond donors (Lipinski definition) is 2. The molecule has 0 aliphatic heterocycles. The molecule has 0 spiro atoms. The lowest BCUT2D eigenvalue weighted by Crippen LogP contribution is -2.14. The largest absolute Gasteiger partial charge is 0.496 e. The molecule has 0 radical (unpaired) electrons. The number of methoxy groups -OCH3 is 1. The molecule has 0 saturated heterocycles. The van der Waals surface area contributed by atoms with E-state index >= 15 is 0 Å². The van der Waals surface area contributed by atoms with Crippen LogP contribution in [0.2, 0.25) is 0 Å². The van der Waals surface area contributed by atoms with E-state index in [1.165, 1.54) is 0 Å². The number of thioether (sulfide) groups is 1. The molecule has 1 unspecified atom stereocenters. The van der Waals surface area contributed by atoms with E-state index in [2.05, 4.69) is 15.9 Å². The Morgan fingerprint density at radius 3 is 2.81 bits per heavy atom. The predicted molar refractivity (Wildman–Crippen MR) is 69.9 cm³/mol. The van der Waals surface area contributed by atoms with Crippen molar-refractivity contribution in [2.45, 2.75) is 11.9 Å². The van der Waals surface area contributed by atoms with Crippen LogP contribution in [0.15, 0.2) is 22.7 Å². The molecule has 0 aliphatic rings. The third-order valence-corrected chi connectivity index (χ3v) is 3.78. The van der Waals surface area contributed by atoms with Crippen LogP contribution in [-0.2, 0) is 5.75 Å². The monoisotopic (exact) mass is 306 g/mol. The summed E-state index contributed by atoms with van der Waals surface area (Å²) in [5.74, 6) is 2.16. The Bertz CT molecular complexity index is 333. The minimum atomic E-state index is -0.633.